The average Bonchev–Trinajstić information content (AvgIpc) is 3.02. The van der Waals surface area contributed by atoms with Crippen molar-refractivity contribution in [3.8, 4) is 11.5 Å². The minimum Gasteiger partial charge on any atom is -0.490 e. The number of carbonyl (C=O) groups is 1. The second-order valence-electron chi connectivity index (χ2n) is 11.2. The van der Waals surface area contributed by atoms with Crippen LogP contribution in [0.2, 0.25) is 0 Å². The van der Waals surface area contributed by atoms with E-state index in [0.717, 1.165) is 37.2 Å². The van der Waals surface area contributed by atoms with Crippen LogP contribution >= 0.6 is 0 Å². The van der Waals surface area contributed by atoms with Gasteiger partial charge in [0.15, 0.2) is 0 Å². The normalized spacial score (nSPS) is 21.1. The van der Waals surface area contributed by atoms with Gasteiger partial charge in [0.1, 0.15) is 30.8 Å². The highest BCUT2D eigenvalue weighted by Gasteiger charge is 2.34. The van der Waals surface area contributed by atoms with Gasteiger partial charge < -0.3 is 18.9 Å². The zero-order chi connectivity index (χ0) is 28.7. The van der Waals surface area contributed by atoms with Crippen LogP contribution in [0, 0.1) is 0 Å². The highest BCUT2D eigenvalue weighted by atomic mass is 16.6. The van der Waals surface area contributed by atoms with E-state index in [9.17, 15) is 4.79 Å². The lowest BCUT2D eigenvalue weighted by atomic mass is 9.69. The Labute approximate surface area is 248 Å². The second kappa shape index (κ2) is 13.3. The summed E-state index contributed by atoms with van der Waals surface area (Å²) in [6.07, 6.45) is 3.81. The van der Waals surface area contributed by atoms with Crippen LogP contribution in [-0.2, 0) is 27.3 Å². The number of benzene rings is 4. The van der Waals surface area contributed by atoms with Crippen molar-refractivity contribution in [1.29, 1.82) is 0 Å². The lowest BCUT2D eigenvalue weighted by Crippen LogP contribution is -2.40. The standard InChI is InChI=1S/C37H38O5/c1-2-39-36(38)25-41-32-22-33(23-32)42-30-16-13-28(14-17-30)37-34(27-11-7-4-8-12-27)19-15-29-21-31(18-20-35(29)37)40-24-26-9-5-3-6-10-26/h3-14,16-18,20-21,32-34,37H,2,15,19,22-25H2,1H3/t32-,33-,34-,37+/m1/s1. The van der Waals surface area contributed by atoms with Crippen molar-refractivity contribution in [2.45, 2.75) is 63.3 Å². The summed E-state index contributed by atoms with van der Waals surface area (Å²) >= 11 is 0. The molecule has 0 heterocycles. The molecule has 2 aliphatic rings. The van der Waals surface area contributed by atoms with Gasteiger partial charge in [0.2, 0.25) is 0 Å². The molecule has 0 N–H and O–H groups in total. The van der Waals surface area contributed by atoms with E-state index in [1.54, 1.807) is 6.92 Å². The van der Waals surface area contributed by atoms with Crippen molar-refractivity contribution < 1.29 is 23.7 Å². The van der Waals surface area contributed by atoms with Crippen LogP contribution in [0.3, 0.4) is 0 Å². The summed E-state index contributed by atoms with van der Waals surface area (Å²) in [4.78, 5) is 11.5. The Hall–Kier alpha value is -4.09. The Balaban J connectivity index is 1.15. The summed E-state index contributed by atoms with van der Waals surface area (Å²) in [7, 11) is 0. The maximum absolute atomic E-state index is 11.5. The highest BCUT2D eigenvalue weighted by Crippen LogP contribution is 2.47. The van der Waals surface area contributed by atoms with E-state index < -0.39 is 0 Å². The third-order valence-electron chi connectivity index (χ3n) is 8.39. The van der Waals surface area contributed by atoms with Crippen molar-refractivity contribution in [2.24, 2.45) is 0 Å². The molecular weight excluding hydrogens is 524 g/mol. The quantitative estimate of drug-likeness (QED) is 0.176. The second-order valence-corrected chi connectivity index (χ2v) is 11.2. The highest BCUT2D eigenvalue weighted by molar-refractivity contribution is 5.70. The first-order valence-electron chi connectivity index (χ1n) is 15.0. The Bertz CT molecular complexity index is 1450. The molecule has 0 aromatic heterocycles. The summed E-state index contributed by atoms with van der Waals surface area (Å²) < 4.78 is 23.0. The molecule has 0 bridgehead atoms. The molecule has 1 saturated carbocycles. The molecule has 1 fully saturated rings. The lowest BCUT2D eigenvalue weighted by molar-refractivity contribution is -0.154. The summed E-state index contributed by atoms with van der Waals surface area (Å²) in [6, 6.07) is 36.4. The van der Waals surface area contributed by atoms with Crippen molar-refractivity contribution in [1.82, 2.24) is 0 Å². The number of hydrogen-bond acceptors (Lipinski definition) is 5. The van der Waals surface area contributed by atoms with E-state index in [0.29, 0.717) is 19.1 Å². The minimum absolute atomic E-state index is 0.00596. The van der Waals surface area contributed by atoms with E-state index in [1.807, 2.05) is 18.2 Å². The first kappa shape index (κ1) is 28.0. The molecule has 0 spiro atoms. The van der Waals surface area contributed by atoms with Gasteiger partial charge in [0, 0.05) is 18.8 Å². The SMILES string of the molecule is CCOC(=O)CO[C@H]1C[C@H](Oc2ccc([C@@H]3c4ccc(OCc5ccccc5)cc4CC[C@@H]3c3ccccc3)cc2)C1. The van der Waals surface area contributed by atoms with Gasteiger partial charge in [-0.25, -0.2) is 4.79 Å². The van der Waals surface area contributed by atoms with Crippen LogP contribution in [0.4, 0.5) is 0 Å². The predicted octanol–water partition coefficient (Wildman–Crippen LogP) is 7.62. The number of esters is 1. The van der Waals surface area contributed by atoms with Gasteiger partial charge in [0.25, 0.3) is 0 Å². The summed E-state index contributed by atoms with van der Waals surface area (Å²) in [5.41, 5.74) is 6.57. The fraction of sp³-hybridized carbons (Fsp3) is 0.324. The molecule has 42 heavy (non-hydrogen) atoms. The molecule has 4 aromatic rings. The Morgan fingerprint density at radius 2 is 1.50 bits per heavy atom. The molecule has 4 aromatic carbocycles. The molecule has 0 radical (unpaired) electrons. The van der Waals surface area contributed by atoms with Crippen molar-refractivity contribution in [2.75, 3.05) is 13.2 Å². The molecule has 0 amide bonds. The first-order chi connectivity index (χ1) is 20.7. The summed E-state index contributed by atoms with van der Waals surface area (Å²) in [5, 5.41) is 0. The molecule has 5 nitrogen and oxygen atoms in total. The lowest BCUT2D eigenvalue weighted by Gasteiger charge is -2.36. The van der Waals surface area contributed by atoms with E-state index in [2.05, 4.69) is 84.9 Å². The molecule has 5 heteroatoms. The largest absolute Gasteiger partial charge is 0.490 e. The fourth-order valence-electron chi connectivity index (χ4n) is 6.18. The minimum atomic E-state index is -0.313. The van der Waals surface area contributed by atoms with Crippen LogP contribution in [-0.4, -0.2) is 31.4 Å². The molecule has 0 saturated heterocycles. The Morgan fingerprint density at radius 3 is 2.24 bits per heavy atom. The molecule has 2 aliphatic carbocycles. The summed E-state index contributed by atoms with van der Waals surface area (Å²) in [6.45, 7) is 2.74. The average molecular weight is 563 g/mol. The van der Waals surface area contributed by atoms with Crippen LogP contribution in [0.1, 0.15) is 65.8 Å². The summed E-state index contributed by atoms with van der Waals surface area (Å²) in [5.74, 6) is 2.11. The molecule has 2 atom stereocenters. The van der Waals surface area contributed by atoms with Crippen molar-refractivity contribution in [3.63, 3.8) is 0 Å². The number of fused-ring (bicyclic) bond motifs is 1. The number of aryl methyl sites for hydroxylation is 1. The van der Waals surface area contributed by atoms with E-state index in [1.165, 1.54) is 27.8 Å². The van der Waals surface area contributed by atoms with Gasteiger partial charge in [-0.05, 0) is 77.8 Å². The number of carbonyl (C=O) groups excluding carboxylic acids is 1. The smallest absolute Gasteiger partial charge is 0.332 e. The van der Waals surface area contributed by atoms with E-state index in [-0.39, 0.29) is 30.7 Å². The molecule has 0 aliphatic heterocycles. The van der Waals surface area contributed by atoms with Gasteiger partial charge in [-0.2, -0.15) is 0 Å². The molecular formula is C37H38O5. The van der Waals surface area contributed by atoms with Gasteiger partial charge in [-0.15, -0.1) is 0 Å². The first-order valence-corrected chi connectivity index (χ1v) is 15.0. The van der Waals surface area contributed by atoms with Crippen LogP contribution in [0.25, 0.3) is 0 Å². The maximum atomic E-state index is 11.5. The molecule has 0 unspecified atom stereocenters. The third-order valence-corrected chi connectivity index (χ3v) is 8.39. The van der Waals surface area contributed by atoms with Crippen LogP contribution in [0.5, 0.6) is 11.5 Å². The molecule has 216 valence electrons. The van der Waals surface area contributed by atoms with Gasteiger partial charge >= 0.3 is 5.97 Å². The number of hydrogen-bond donors (Lipinski definition) is 0. The number of rotatable bonds is 11. The zero-order valence-corrected chi connectivity index (χ0v) is 24.1. The Morgan fingerprint density at radius 1 is 0.786 bits per heavy atom. The monoisotopic (exact) mass is 562 g/mol. The van der Waals surface area contributed by atoms with Gasteiger partial charge in [0.05, 0.1) is 12.7 Å². The maximum Gasteiger partial charge on any atom is 0.332 e. The van der Waals surface area contributed by atoms with Gasteiger partial charge in [-0.1, -0.05) is 78.9 Å². The third kappa shape index (κ3) is 6.69. The number of ether oxygens (including phenoxy) is 4. The zero-order valence-electron chi connectivity index (χ0n) is 24.1. The topological polar surface area (TPSA) is 54.0 Å². The van der Waals surface area contributed by atoms with Crippen LogP contribution < -0.4 is 9.47 Å². The van der Waals surface area contributed by atoms with Gasteiger partial charge in [-0.3, -0.25) is 0 Å². The molecule has 6 rings (SSSR count). The predicted molar refractivity (Wildman–Crippen MR) is 163 cm³/mol. The van der Waals surface area contributed by atoms with Crippen LogP contribution in [0.15, 0.2) is 103 Å². The van der Waals surface area contributed by atoms with Crippen molar-refractivity contribution in [3.05, 3.63) is 131 Å². The van der Waals surface area contributed by atoms with E-state index in [4.69, 9.17) is 18.9 Å². The Kier molecular flexibility index (Phi) is 8.86. The van der Waals surface area contributed by atoms with E-state index >= 15 is 0 Å². The fourth-order valence-corrected chi connectivity index (χ4v) is 6.18. The van der Waals surface area contributed by atoms with Crippen molar-refractivity contribution >= 4 is 5.97 Å².